The minimum atomic E-state index is -0.860. The molecule has 1 aromatic carbocycles. The molecule has 136 valence electrons. The summed E-state index contributed by atoms with van der Waals surface area (Å²) in [4.78, 5) is 8.51. The number of aromatic hydroxyl groups is 1. The number of nitrogen functional groups attached to an aromatic ring is 2. The van der Waals surface area contributed by atoms with Gasteiger partial charge in [0.25, 0.3) is 0 Å². The Morgan fingerprint density at radius 1 is 1.37 bits per heavy atom. The number of halogens is 1. The smallest absolute Gasteiger partial charge is 0.211 e. The Morgan fingerprint density at radius 3 is 2.74 bits per heavy atom. The maximum atomic E-state index is 10.2. The van der Waals surface area contributed by atoms with Crippen molar-refractivity contribution in [1.29, 1.82) is 10.5 Å². The Bertz CT molecular complexity index is 1050. The van der Waals surface area contributed by atoms with E-state index >= 15 is 0 Å². The van der Waals surface area contributed by atoms with Gasteiger partial charge in [-0.25, -0.2) is 9.98 Å². The number of methoxy groups -OCH3 is 1. The van der Waals surface area contributed by atoms with Gasteiger partial charge in [-0.15, -0.1) is 0 Å². The number of nitrogens with one attached hydrogen (secondary N) is 2. The first-order valence-electron chi connectivity index (χ1n) is 7.47. The van der Waals surface area contributed by atoms with E-state index in [2.05, 4.69) is 20.6 Å². The fraction of sp³-hybridized carbons (Fsp3) is 0.125. The van der Waals surface area contributed by atoms with Crippen molar-refractivity contribution in [2.24, 2.45) is 4.99 Å². The number of ether oxygens (including phenoxy) is 1. The van der Waals surface area contributed by atoms with Gasteiger partial charge in [0.15, 0.2) is 17.7 Å². The fourth-order valence-electron chi connectivity index (χ4n) is 2.74. The maximum absolute atomic E-state index is 10.2. The molecule has 1 aliphatic rings. The number of anilines is 3. The predicted octanol–water partition coefficient (Wildman–Crippen LogP) is 1.43. The highest BCUT2D eigenvalue weighted by atomic mass is 35.5. The van der Waals surface area contributed by atoms with Gasteiger partial charge in [-0.2, -0.15) is 10.5 Å². The van der Waals surface area contributed by atoms with Crippen LogP contribution in [0, 0.1) is 22.8 Å². The number of aliphatic imine (C=N–C) groups is 1. The van der Waals surface area contributed by atoms with E-state index in [4.69, 9.17) is 33.1 Å². The van der Waals surface area contributed by atoms with Crippen LogP contribution in [0.4, 0.5) is 17.3 Å². The molecule has 1 atom stereocenters. The number of guanidine groups is 1. The number of pyridine rings is 1. The maximum Gasteiger partial charge on any atom is 0.211 e. The van der Waals surface area contributed by atoms with Gasteiger partial charge in [-0.05, 0) is 6.07 Å². The van der Waals surface area contributed by atoms with E-state index in [0.717, 1.165) is 0 Å². The molecule has 0 amide bonds. The molecule has 11 heteroatoms. The number of fused-ring (bicyclic) bond motifs is 1. The summed E-state index contributed by atoms with van der Waals surface area (Å²) >= 11 is 6.30. The van der Waals surface area contributed by atoms with Crippen molar-refractivity contribution in [3.63, 3.8) is 0 Å². The van der Waals surface area contributed by atoms with Crippen molar-refractivity contribution in [3.05, 3.63) is 33.8 Å². The van der Waals surface area contributed by atoms with E-state index in [1.54, 1.807) is 12.3 Å². The van der Waals surface area contributed by atoms with Gasteiger partial charge < -0.3 is 26.6 Å². The zero-order valence-electron chi connectivity index (χ0n) is 13.9. The molecule has 2 aromatic rings. The second-order valence-corrected chi connectivity index (χ2v) is 5.80. The van der Waals surface area contributed by atoms with Crippen molar-refractivity contribution in [3.8, 4) is 23.8 Å². The van der Waals surface area contributed by atoms with Crippen molar-refractivity contribution in [2.75, 3.05) is 23.9 Å². The monoisotopic (exact) mass is 384 g/mol. The average molecular weight is 385 g/mol. The molecule has 1 aliphatic heterocycles. The van der Waals surface area contributed by atoms with Gasteiger partial charge in [0.1, 0.15) is 29.3 Å². The SMILES string of the molecule is COc1ccc(C2N=C(NC#N)Nc3nc(N)c(C#N)c(N)c32)c(Cl)c1O. The largest absolute Gasteiger partial charge is 0.503 e. The summed E-state index contributed by atoms with van der Waals surface area (Å²) in [6.45, 7) is 0. The topological polar surface area (TPSA) is 178 Å². The Labute approximate surface area is 158 Å². The van der Waals surface area contributed by atoms with Crippen LogP contribution in [0.5, 0.6) is 11.5 Å². The Kier molecular flexibility index (Phi) is 4.50. The Hall–Kier alpha value is -3.89. The van der Waals surface area contributed by atoms with Crippen molar-refractivity contribution in [2.45, 2.75) is 6.04 Å². The molecule has 10 nitrogen and oxygen atoms in total. The molecule has 0 fully saturated rings. The van der Waals surface area contributed by atoms with E-state index in [1.807, 2.05) is 6.07 Å². The van der Waals surface area contributed by atoms with E-state index < -0.39 is 6.04 Å². The zero-order valence-corrected chi connectivity index (χ0v) is 14.7. The molecule has 0 bridgehead atoms. The summed E-state index contributed by atoms with van der Waals surface area (Å²) in [6.07, 6.45) is 1.75. The van der Waals surface area contributed by atoms with Crippen molar-refractivity contribution in [1.82, 2.24) is 10.3 Å². The van der Waals surface area contributed by atoms with Crippen LogP contribution in [0.3, 0.4) is 0 Å². The molecule has 27 heavy (non-hydrogen) atoms. The minimum absolute atomic E-state index is 0.00120. The first-order valence-corrected chi connectivity index (χ1v) is 7.84. The standard InChI is InChI=1S/C16H13ClN8O2/c1-27-8-3-2-6(10(17)13(8)26)12-9-11(20)7(4-18)14(21)24-15(9)25-16(23-12)22-5-19/h2-3,12,26H,1H3,(H6,20,21,22,23,24,25). The Morgan fingerprint density at radius 2 is 2.11 bits per heavy atom. The number of aromatic nitrogens is 1. The van der Waals surface area contributed by atoms with Gasteiger partial charge in [-0.3, -0.25) is 5.32 Å². The lowest BCUT2D eigenvalue weighted by Gasteiger charge is -2.27. The third kappa shape index (κ3) is 2.84. The highest BCUT2D eigenvalue weighted by molar-refractivity contribution is 6.33. The number of hydrogen-bond acceptors (Lipinski definition) is 10. The number of nitrogens with two attached hydrogens (primary N) is 2. The minimum Gasteiger partial charge on any atom is -0.503 e. The van der Waals surface area contributed by atoms with Gasteiger partial charge >= 0.3 is 0 Å². The van der Waals surface area contributed by atoms with E-state index in [9.17, 15) is 10.4 Å². The average Bonchev–Trinajstić information content (AvgIpc) is 2.63. The number of phenols is 1. The molecular formula is C16H13ClN8O2. The number of hydrogen-bond donors (Lipinski definition) is 5. The normalized spacial score (nSPS) is 14.8. The third-order valence-corrected chi connectivity index (χ3v) is 4.38. The van der Waals surface area contributed by atoms with Gasteiger partial charge in [0.05, 0.1) is 17.8 Å². The quantitative estimate of drug-likeness (QED) is 0.378. The lowest BCUT2D eigenvalue weighted by molar-refractivity contribution is 0.373. The number of nitrogens with zero attached hydrogens (tertiary/aromatic N) is 4. The van der Waals surface area contributed by atoms with Crippen molar-refractivity contribution >= 4 is 34.9 Å². The lowest BCUT2D eigenvalue weighted by atomic mass is 9.94. The highest BCUT2D eigenvalue weighted by Crippen LogP contribution is 2.46. The number of phenolic OH excluding ortho intramolecular Hbond substituents is 1. The lowest BCUT2D eigenvalue weighted by Crippen LogP contribution is -2.32. The highest BCUT2D eigenvalue weighted by Gasteiger charge is 2.31. The van der Waals surface area contributed by atoms with E-state index in [-0.39, 0.29) is 45.4 Å². The van der Waals surface area contributed by atoms with Crippen LogP contribution in [0.15, 0.2) is 17.1 Å². The summed E-state index contributed by atoms with van der Waals surface area (Å²) < 4.78 is 5.04. The molecule has 2 heterocycles. The molecule has 3 rings (SSSR count). The fourth-order valence-corrected chi connectivity index (χ4v) is 3.00. The van der Waals surface area contributed by atoms with Crippen LogP contribution < -0.4 is 26.8 Å². The van der Waals surface area contributed by atoms with Crippen LogP contribution in [0.1, 0.15) is 22.7 Å². The molecule has 0 spiro atoms. The summed E-state index contributed by atoms with van der Waals surface area (Å²) in [5.74, 6) is 0.134. The second-order valence-electron chi connectivity index (χ2n) is 5.42. The first kappa shape index (κ1) is 17.9. The van der Waals surface area contributed by atoms with Crippen LogP contribution in [0.25, 0.3) is 0 Å². The van der Waals surface area contributed by atoms with E-state index in [0.29, 0.717) is 11.1 Å². The molecule has 0 aliphatic carbocycles. The van der Waals surface area contributed by atoms with Gasteiger partial charge in [-0.1, -0.05) is 17.7 Å². The summed E-state index contributed by atoms with van der Waals surface area (Å²) in [6, 6.07) is 4.15. The summed E-state index contributed by atoms with van der Waals surface area (Å²) in [7, 11) is 1.39. The summed E-state index contributed by atoms with van der Waals surface area (Å²) in [5, 5.41) is 33.6. The summed E-state index contributed by atoms with van der Waals surface area (Å²) in [5.41, 5.74) is 12.7. The van der Waals surface area contributed by atoms with Gasteiger partial charge in [0, 0.05) is 11.1 Å². The number of nitriles is 2. The molecule has 0 radical (unpaired) electrons. The molecule has 7 N–H and O–H groups in total. The molecular weight excluding hydrogens is 372 g/mol. The third-order valence-electron chi connectivity index (χ3n) is 3.98. The van der Waals surface area contributed by atoms with Crippen LogP contribution in [0.2, 0.25) is 5.02 Å². The molecule has 0 saturated carbocycles. The van der Waals surface area contributed by atoms with Crippen molar-refractivity contribution < 1.29 is 9.84 Å². The van der Waals surface area contributed by atoms with Crippen LogP contribution in [-0.2, 0) is 0 Å². The zero-order chi connectivity index (χ0) is 19.7. The molecule has 0 saturated heterocycles. The first-order chi connectivity index (χ1) is 12.9. The van der Waals surface area contributed by atoms with Gasteiger partial charge in [0.2, 0.25) is 5.96 Å². The van der Waals surface area contributed by atoms with Crippen LogP contribution in [-0.4, -0.2) is 23.2 Å². The second kappa shape index (κ2) is 6.78. The molecule has 1 aromatic heterocycles. The predicted molar refractivity (Wildman–Crippen MR) is 99.1 cm³/mol. The number of benzene rings is 1. The van der Waals surface area contributed by atoms with Crippen LogP contribution >= 0.6 is 11.6 Å². The molecule has 1 unspecified atom stereocenters. The number of rotatable bonds is 2. The van der Waals surface area contributed by atoms with E-state index in [1.165, 1.54) is 13.2 Å². The Balaban J connectivity index is 2.29.